The van der Waals surface area contributed by atoms with Gasteiger partial charge in [0.05, 0.1) is 0 Å². The monoisotopic (exact) mass is 553 g/mol. The first-order valence-electron chi connectivity index (χ1n) is 12.2. The quantitative estimate of drug-likeness (QED) is 0.247. The third-order valence-corrected chi connectivity index (χ3v) is 6.56. The van der Waals surface area contributed by atoms with Crippen molar-refractivity contribution in [3.63, 3.8) is 0 Å². The highest BCUT2D eigenvalue weighted by Gasteiger charge is 2.44. The Balaban J connectivity index is 1.77. The third kappa shape index (κ3) is 7.53. The Morgan fingerprint density at radius 2 is 1.84 bits per heavy atom. The van der Waals surface area contributed by atoms with Crippen molar-refractivity contribution in [1.29, 1.82) is 0 Å². The molecule has 2 fully saturated rings. The van der Waals surface area contributed by atoms with E-state index in [0.717, 1.165) is 5.01 Å². The second-order valence-corrected chi connectivity index (χ2v) is 10.2. The molecule has 3 atom stereocenters. The standard InChI is InChI=1S/C23H32N5O9P/c1-3-24-22(32)19-5-4-12-27-20(30)11-10-17(23(33)28(19)27)26-21(31)18(25-14(2)29)13-15-6-8-16(9-7-15)37-38(34,35)36/h6-9,17-19H,3-5,10-13H2,1-2H3,(H,24,32)(H,25,29)(H,26,31)(H2,34,35,36). The molecule has 1 aromatic carbocycles. The summed E-state index contributed by atoms with van der Waals surface area (Å²) in [5, 5.41) is 10.3. The van der Waals surface area contributed by atoms with Gasteiger partial charge in [0, 0.05) is 32.9 Å². The predicted octanol–water partition coefficient (Wildman–Crippen LogP) is -0.645. The van der Waals surface area contributed by atoms with Gasteiger partial charge in [-0.3, -0.25) is 38.8 Å². The summed E-state index contributed by atoms with van der Waals surface area (Å²) in [6, 6.07) is 2.51. The third-order valence-electron chi connectivity index (χ3n) is 6.11. The van der Waals surface area contributed by atoms with Gasteiger partial charge in [0.25, 0.3) is 5.91 Å². The van der Waals surface area contributed by atoms with E-state index in [-0.39, 0.29) is 43.4 Å². The van der Waals surface area contributed by atoms with E-state index in [0.29, 0.717) is 24.9 Å². The molecule has 2 saturated heterocycles. The lowest BCUT2D eigenvalue weighted by Crippen LogP contribution is -2.64. The second-order valence-electron chi connectivity index (χ2n) is 9.04. The Morgan fingerprint density at radius 1 is 1.16 bits per heavy atom. The summed E-state index contributed by atoms with van der Waals surface area (Å²) >= 11 is 0. The highest BCUT2D eigenvalue weighted by Crippen LogP contribution is 2.37. The fourth-order valence-corrected chi connectivity index (χ4v) is 4.88. The summed E-state index contributed by atoms with van der Waals surface area (Å²) < 4.78 is 15.5. The zero-order valence-electron chi connectivity index (χ0n) is 21.1. The number of hydrazine groups is 1. The minimum Gasteiger partial charge on any atom is -0.404 e. The van der Waals surface area contributed by atoms with E-state index in [4.69, 9.17) is 9.79 Å². The van der Waals surface area contributed by atoms with Gasteiger partial charge in [-0.15, -0.1) is 0 Å². The summed E-state index contributed by atoms with van der Waals surface area (Å²) in [4.78, 5) is 81.8. The van der Waals surface area contributed by atoms with Crippen molar-refractivity contribution in [3.8, 4) is 5.75 Å². The topological polar surface area (TPSA) is 195 Å². The van der Waals surface area contributed by atoms with Gasteiger partial charge < -0.3 is 20.5 Å². The normalized spacial score (nSPS) is 20.6. The molecule has 2 aliphatic heterocycles. The number of phosphoric ester groups is 1. The molecule has 2 heterocycles. The zero-order valence-corrected chi connectivity index (χ0v) is 22.0. The number of benzene rings is 1. The van der Waals surface area contributed by atoms with Crippen molar-refractivity contribution < 1.29 is 42.8 Å². The molecule has 3 unspecified atom stereocenters. The highest BCUT2D eigenvalue weighted by molar-refractivity contribution is 7.46. The fraction of sp³-hybridized carbons (Fsp3) is 0.522. The van der Waals surface area contributed by atoms with Crippen molar-refractivity contribution in [1.82, 2.24) is 26.0 Å². The molecular formula is C23H32N5O9P. The average molecular weight is 554 g/mol. The number of phosphoric acid groups is 1. The Hall–Kier alpha value is -3.48. The Morgan fingerprint density at radius 3 is 2.45 bits per heavy atom. The number of hydrogen-bond donors (Lipinski definition) is 5. The first kappa shape index (κ1) is 29.1. The van der Waals surface area contributed by atoms with Crippen LogP contribution in [0.4, 0.5) is 0 Å². The van der Waals surface area contributed by atoms with E-state index in [9.17, 15) is 28.5 Å². The van der Waals surface area contributed by atoms with Crippen LogP contribution < -0.4 is 20.5 Å². The van der Waals surface area contributed by atoms with Crippen LogP contribution in [-0.4, -0.2) is 80.6 Å². The van der Waals surface area contributed by atoms with Crippen molar-refractivity contribution in [2.75, 3.05) is 13.1 Å². The molecule has 5 amide bonds. The molecule has 0 aliphatic carbocycles. The van der Waals surface area contributed by atoms with Crippen LogP contribution in [-0.2, 0) is 35.0 Å². The lowest BCUT2D eigenvalue weighted by atomic mass is 10.0. The van der Waals surface area contributed by atoms with Crippen LogP contribution in [0.2, 0.25) is 0 Å². The van der Waals surface area contributed by atoms with Crippen LogP contribution >= 0.6 is 7.82 Å². The molecule has 14 nitrogen and oxygen atoms in total. The van der Waals surface area contributed by atoms with Gasteiger partial charge in [-0.25, -0.2) is 9.57 Å². The minimum atomic E-state index is -4.73. The molecule has 5 N–H and O–H groups in total. The largest absolute Gasteiger partial charge is 0.524 e. The minimum absolute atomic E-state index is 0.00118. The summed E-state index contributed by atoms with van der Waals surface area (Å²) in [7, 11) is -4.73. The maximum Gasteiger partial charge on any atom is 0.524 e. The Kier molecular flexibility index (Phi) is 9.47. The summed E-state index contributed by atoms with van der Waals surface area (Å²) in [5.74, 6) is -2.52. The van der Waals surface area contributed by atoms with Gasteiger partial charge in [0.15, 0.2) is 0 Å². The van der Waals surface area contributed by atoms with Crippen LogP contribution in [0.3, 0.4) is 0 Å². The van der Waals surface area contributed by atoms with Crippen LogP contribution in [0.25, 0.3) is 0 Å². The van der Waals surface area contributed by atoms with E-state index in [1.54, 1.807) is 6.92 Å². The molecule has 1 aromatic rings. The van der Waals surface area contributed by atoms with E-state index in [1.807, 2.05) is 0 Å². The smallest absolute Gasteiger partial charge is 0.404 e. The van der Waals surface area contributed by atoms with Crippen molar-refractivity contribution in [3.05, 3.63) is 29.8 Å². The lowest BCUT2D eigenvalue weighted by Gasteiger charge is -2.43. The molecule has 208 valence electrons. The van der Waals surface area contributed by atoms with Gasteiger partial charge in [0.2, 0.25) is 23.6 Å². The van der Waals surface area contributed by atoms with Gasteiger partial charge in [-0.2, -0.15) is 0 Å². The number of likely N-dealkylation sites (N-methyl/N-ethyl adjacent to an activating group) is 1. The molecular weight excluding hydrogens is 521 g/mol. The lowest BCUT2D eigenvalue weighted by molar-refractivity contribution is -0.176. The fourth-order valence-electron chi connectivity index (χ4n) is 4.48. The summed E-state index contributed by atoms with van der Waals surface area (Å²) in [5.41, 5.74) is 0.540. The molecule has 15 heteroatoms. The van der Waals surface area contributed by atoms with Crippen LogP contribution in [0.1, 0.15) is 45.1 Å². The molecule has 0 bridgehead atoms. The molecule has 3 rings (SSSR count). The van der Waals surface area contributed by atoms with E-state index < -0.39 is 43.7 Å². The van der Waals surface area contributed by atoms with E-state index in [2.05, 4.69) is 20.5 Å². The van der Waals surface area contributed by atoms with Crippen molar-refractivity contribution >= 4 is 37.4 Å². The van der Waals surface area contributed by atoms with Crippen LogP contribution in [0.15, 0.2) is 24.3 Å². The molecule has 38 heavy (non-hydrogen) atoms. The van der Waals surface area contributed by atoms with Crippen LogP contribution in [0, 0.1) is 0 Å². The molecule has 0 radical (unpaired) electrons. The SMILES string of the molecule is CCNC(=O)C1CCCN2C(=O)CCC(NC(=O)C(Cc3ccc(OP(=O)(O)O)cc3)NC(C)=O)C(=O)N12. The number of fused-ring (bicyclic) bond motifs is 1. The molecule has 2 aliphatic rings. The van der Waals surface area contributed by atoms with Crippen molar-refractivity contribution in [2.45, 2.75) is 64.1 Å². The number of amides is 5. The molecule has 0 saturated carbocycles. The van der Waals surface area contributed by atoms with Gasteiger partial charge >= 0.3 is 7.82 Å². The van der Waals surface area contributed by atoms with Crippen molar-refractivity contribution in [2.24, 2.45) is 0 Å². The van der Waals surface area contributed by atoms with E-state index in [1.165, 1.54) is 36.2 Å². The highest BCUT2D eigenvalue weighted by atomic mass is 31.2. The zero-order chi connectivity index (χ0) is 28.0. The number of carbonyl (C=O) groups is 5. The van der Waals surface area contributed by atoms with Gasteiger partial charge in [-0.05, 0) is 43.9 Å². The number of nitrogens with one attached hydrogen (secondary N) is 3. The predicted molar refractivity (Wildman–Crippen MR) is 132 cm³/mol. The first-order valence-corrected chi connectivity index (χ1v) is 13.7. The van der Waals surface area contributed by atoms with Gasteiger partial charge in [0.1, 0.15) is 23.9 Å². The van der Waals surface area contributed by atoms with Crippen LogP contribution in [0.5, 0.6) is 5.75 Å². The van der Waals surface area contributed by atoms with Gasteiger partial charge in [-0.1, -0.05) is 12.1 Å². The number of hydrogen-bond acceptors (Lipinski definition) is 7. The molecule has 0 aromatic heterocycles. The maximum atomic E-state index is 13.5. The first-order chi connectivity index (χ1) is 17.9. The van der Waals surface area contributed by atoms with E-state index >= 15 is 0 Å². The maximum absolute atomic E-state index is 13.5. The summed E-state index contributed by atoms with van der Waals surface area (Å²) in [6.07, 6.45) is 0.939. The Labute approximate surface area is 219 Å². The number of rotatable bonds is 9. The summed E-state index contributed by atoms with van der Waals surface area (Å²) in [6.45, 7) is 3.63. The second kappa shape index (κ2) is 12.4. The molecule has 0 spiro atoms. The average Bonchev–Trinajstić information content (AvgIpc) is 2.96. The number of carbonyl (C=O) groups excluding carboxylic acids is 5. The number of nitrogens with zero attached hydrogens (tertiary/aromatic N) is 2. The Bertz CT molecular complexity index is 1120.